The van der Waals surface area contributed by atoms with Crippen LogP contribution in [0.25, 0.3) is 0 Å². The van der Waals surface area contributed by atoms with Gasteiger partial charge in [-0.2, -0.15) is 0 Å². The van der Waals surface area contributed by atoms with E-state index in [9.17, 15) is 18.0 Å². The third-order valence-electron chi connectivity index (χ3n) is 1.17. The molecule has 0 radical (unpaired) electrons. The molecule has 76 valence electrons. The molecule has 1 aromatic heterocycles. The predicted molar refractivity (Wildman–Crippen MR) is 49.0 cm³/mol. The molecule has 0 aliphatic rings. The maximum Gasteiger partial charge on any atom is 0.574 e. The Hall–Kier alpha value is -0.860. The van der Waals surface area contributed by atoms with Crippen molar-refractivity contribution >= 4 is 28.9 Å². The van der Waals surface area contributed by atoms with Crippen LogP contribution < -0.4 is 4.74 Å². The lowest BCUT2D eigenvalue weighted by Crippen LogP contribution is -2.19. The first-order chi connectivity index (χ1) is 6.42. The molecule has 0 spiro atoms. The van der Waals surface area contributed by atoms with Crippen molar-refractivity contribution in [2.75, 3.05) is 0 Å². The van der Waals surface area contributed by atoms with Gasteiger partial charge in [-0.05, 0) is 34.7 Å². The highest BCUT2D eigenvalue weighted by atomic mass is 127. The molecule has 14 heavy (non-hydrogen) atoms. The number of hydrogen-bond acceptors (Lipinski definition) is 3. The second-order valence-electron chi connectivity index (χ2n) is 2.19. The summed E-state index contributed by atoms with van der Waals surface area (Å²) in [7, 11) is 0. The van der Waals surface area contributed by atoms with Crippen molar-refractivity contribution in [3.05, 3.63) is 21.4 Å². The topological polar surface area (TPSA) is 39.2 Å². The summed E-state index contributed by atoms with van der Waals surface area (Å²) in [4.78, 5) is 13.6. The summed E-state index contributed by atoms with van der Waals surface area (Å²) in [5, 5.41) is 0. The number of aldehydes is 1. The summed E-state index contributed by atoms with van der Waals surface area (Å²) in [6, 6.07) is 2.62. The van der Waals surface area contributed by atoms with Crippen LogP contribution in [0.5, 0.6) is 5.88 Å². The van der Waals surface area contributed by atoms with Gasteiger partial charge in [0.1, 0.15) is 5.69 Å². The highest BCUT2D eigenvalue weighted by Crippen LogP contribution is 2.25. The van der Waals surface area contributed by atoms with Gasteiger partial charge in [-0.3, -0.25) is 4.79 Å². The minimum atomic E-state index is -4.80. The van der Waals surface area contributed by atoms with Gasteiger partial charge in [-0.15, -0.1) is 13.2 Å². The smallest absolute Gasteiger partial charge is 0.387 e. The lowest BCUT2D eigenvalue weighted by Gasteiger charge is -2.09. The predicted octanol–water partition coefficient (Wildman–Crippen LogP) is 2.40. The lowest BCUT2D eigenvalue weighted by atomic mass is 10.4. The van der Waals surface area contributed by atoms with E-state index in [-0.39, 0.29) is 9.26 Å². The Morgan fingerprint density at radius 3 is 2.57 bits per heavy atom. The molecule has 0 saturated carbocycles. The normalized spacial score (nSPS) is 11.1. The molecule has 0 atom stereocenters. The number of aromatic nitrogens is 1. The van der Waals surface area contributed by atoms with E-state index in [4.69, 9.17) is 0 Å². The second kappa shape index (κ2) is 4.11. The Labute approximate surface area is 90.4 Å². The Morgan fingerprint density at radius 1 is 1.43 bits per heavy atom. The maximum atomic E-state index is 11.8. The number of carbonyl (C=O) groups is 1. The zero-order valence-corrected chi connectivity index (χ0v) is 8.67. The molecule has 0 unspecified atom stereocenters. The van der Waals surface area contributed by atoms with Gasteiger partial charge in [0.15, 0.2) is 6.29 Å². The standard InChI is InChI=1S/C7H3F3INO2/c8-7(9,10)14-6-5(11)2-1-4(3-13)12-6/h1-3H. The molecule has 1 rings (SSSR count). The second-order valence-corrected chi connectivity index (χ2v) is 3.35. The fourth-order valence-corrected chi connectivity index (χ4v) is 1.10. The highest BCUT2D eigenvalue weighted by Gasteiger charge is 2.32. The molecule has 0 fully saturated rings. The highest BCUT2D eigenvalue weighted by molar-refractivity contribution is 14.1. The van der Waals surface area contributed by atoms with Gasteiger partial charge in [-0.1, -0.05) is 0 Å². The molecule has 0 aromatic carbocycles. The molecule has 0 saturated heterocycles. The summed E-state index contributed by atoms with van der Waals surface area (Å²) in [6.07, 6.45) is -4.45. The molecule has 3 nitrogen and oxygen atoms in total. The summed E-state index contributed by atoms with van der Waals surface area (Å²) in [5.41, 5.74) is -0.107. The Bertz CT molecular complexity index is 353. The van der Waals surface area contributed by atoms with E-state index in [2.05, 4.69) is 9.72 Å². The number of pyridine rings is 1. The van der Waals surface area contributed by atoms with E-state index in [1.165, 1.54) is 12.1 Å². The van der Waals surface area contributed by atoms with Gasteiger partial charge >= 0.3 is 6.36 Å². The quantitative estimate of drug-likeness (QED) is 0.621. The first-order valence-corrected chi connectivity index (χ1v) is 4.38. The van der Waals surface area contributed by atoms with E-state index in [1.807, 2.05) is 0 Å². The van der Waals surface area contributed by atoms with Crippen LogP contribution in [-0.4, -0.2) is 17.6 Å². The van der Waals surface area contributed by atoms with Crippen LogP contribution in [0, 0.1) is 3.57 Å². The van der Waals surface area contributed by atoms with Crippen molar-refractivity contribution in [1.29, 1.82) is 0 Å². The van der Waals surface area contributed by atoms with Crippen LogP contribution in [-0.2, 0) is 0 Å². The molecular weight excluding hydrogens is 314 g/mol. The monoisotopic (exact) mass is 317 g/mol. The average Bonchev–Trinajstić information content (AvgIpc) is 2.06. The molecule has 0 bridgehead atoms. The number of ether oxygens (including phenoxy) is 1. The number of nitrogens with zero attached hydrogens (tertiary/aromatic N) is 1. The van der Waals surface area contributed by atoms with Crippen LogP contribution in [0.3, 0.4) is 0 Å². The average molecular weight is 317 g/mol. The van der Waals surface area contributed by atoms with Gasteiger partial charge in [-0.25, -0.2) is 4.98 Å². The van der Waals surface area contributed by atoms with Gasteiger partial charge in [0.25, 0.3) is 0 Å². The van der Waals surface area contributed by atoms with Crippen LogP contribution in [0.1, 0.15) is 10.5 Å². The van der Waals surface area contributed by atoms with Crippen molar-refractivity contribution in [1.82, 2.24) is 4.98 Å². The largest absolute Gasteiger partial charge is 0.574 e. The summed E-state index contributed by atoms with van der Waals surface area (Å²) >= 11 is 1.63. The van der Waals surface area contributed by atoms with Gasteiger partial charge in [0.2, 0.25) is 5.88 Å². The molecule has 0 amide bonds. The molecule has 0 N–H and O–H groups in total. The van der Waals surface area contributed by atoms with Crippen molar-refractivity contribution in [3.63, 3.8) is 0 Å². The van der Waals surface area contributed by atoms with Gasteiger partial charge < -0.3 is 4.74 Å². The van der Waals surface area contributed by atoms with E-state index >= 15 is 0 Å². The van der Waals surface area contributed by atoms with E-state index in [0.717, 1.165) is 0 Å². The Morgan fingerprint density at radius 2 is 2.07 bits per heavy atom. The van der Waals surface area contributed by atoms with E-state index in [0.29, 0.717) is 6.29 Å². The fourth-order valence-electron chi connectivity index (χ4n) is 0.685. The Balaban J connectivity index is 3.01. The number of carbonyl (C=O) groups excluding carboxylic acids is 1. The van der Waals surface area contributed by atoms with Crippen molar-refractivity contribution in [3.8, 4) is 5.88 Å². The Kier molecular flexibility index (Phi) is 3.29. The van der Waals surface area contributed by atoms with Gasteiger partial charge in [0.05, 0.1) is 3.57 Å². The number of halogens is 4. The summed E-state index contributed by atoms with van der Waals surface area (Å²) in [6.45, 7) is 0. The van der Waals surface area contributed by atoms with Crippen molar-refractivity contribution in [2.24, 2.45) is 0 Å². The van der Waals surface area contributed by atoms with Crippen molar-refractivity contribution < 1.29 is 22.7 Å². The van der Waals surface area contributed by atoms with Crippen LogP contribution >= 0.6 is 22.6 Å². The number of hydrogen-bond donors (Lipinski definition) is 0. The zero-order valence-electron chi connectivity index (χ0n) is 6.51. The van der Waals surface area contributed by atoms with Crippen LogP contribution in [0.4, 0.5) is 13.2 Å². The molecular formula is C7H3F3INO2. The van der Waals surface area contributed by atoms with E-state index in [1.54, 1.807) is 22.6 Å². The van der Waals surface area contributed by atoms with Gasteiger partial charge in [0, 0.05) is 0 Å². The minimum Gasteiger partial charge on any atom is -0.387 e. The zero-order chi connectivity index (χ0) is 10.8. The summed E-state index contributed by atoms with van der Waals surface area (Å²) < 4.78 is 39.2. The van der Waals surface area contributed by atoms with Crippen LogP contribution in [0.15, 0.2) is 12.1 Å². The first kappa shape index (κ1) is 11.2. The lowest BCUT2D eigenvalue weighted by molar-refractivity contribution is -0.276. The third kappa shape index (κ3) is 3.13. The molecule has 7 heteroatoms. The SMILES string of the molecule is O=Cc1ccc(I)c(OC(F)(F)F)n1. The number of alkyl halides is 3. The molecule has 0 aliphatic carbocycles. The first-order valence-electron chi connectivity index (χ1n) is 3.30. The third-order valence-corrected chi connectivity index (χ3v) is 1.99. The molecule has 1 aromatic rings. The summed E-state index contributed by atoms with van der Waals surface area (Å²) in [5.74, 6) is -0.609. The van der Waals surface area contributed by atoms with Crippen molar-refractivity contribution in [2.45, 2.75) is 6.36 Å². The maximum absolute atomic E-state index is 11.8. The number of rotatable bonds is 2. The molecule has 1 heterocycles. The van der Waals surface area contributed by atoms with E-state index < -0.39 is 12.2 Å². The fraction of sp³-hybridized carbons (Fsp3) is 0.143. The van der Waals surface area contributed by atoms with Crippen LogP contribution in [0.2, 0.25) is 0 Å². The molecule has 0 aliphatic heterocycles. The minimum absolute atomic E-state index is 0.107.